The second kappa shape index (κ2) is 5.24. The highest BCUT2D eigenvalue weighted by Gasteiger charge is 2.07. The second-order valence-electron chi connectivity index (χ2n) is 3.31. The molecule has 4 N–H and O–H groups in total. The lowest BCUT2D eigenvalue weighted by atomic mass is 10.3. The Morgan fingerprint density at radius 1 is 1.06 bits per heavy atom. The van der Waals surface area contributed by atoms with Crippen LogP contribution in [0.3, 0.4) is 0 Å². The molecule has 0 radical (unpaired) electrons. The lowest BCUT2D eigenvalue weighted by Gasteiger charge is -2.08. The molecule has 0 spiro atoms. The van der Waals surface area contributed by atoms with Crippen LogP contribution in [0.4, 0.5) is 11.9 Å². The van der Waals surface area contributed by atoms with Crippen LogP contribution in [0.1, 0.15) is 5.82 Å². The van der Waals surface area contributed by atoms with Gasteiger partial charge in [0, 0.05) is 0 Å². The van der Waals surface area contributed by atoms with Crippen molar-refractivity contribution in [1.82, 2.24) is 15.0 Å². The molecule has 1 aromatic carbocycles. The van der Waals surface area contributed by atoms with E-state index in [1.807, 2.05) is 0 Å². The summed E-state index contributed by atoms with van der Waals surface area (Å²) < 4.78 is 5.43. The zero-order valence-corrected chi connectivity index (χ0v) is 10.6. The average Bonchev–Trinajstić information content (AvgIpc) is 2.30. The van der Waals surface area contributed by atoms with Crippen molar-refractivity contribution in [3.8, 4) is 5.75 Å². The van der Waals surface area contributed by atoms with Crippen molar-refractivity contribution >= 4 is 35.1 Å². The molecule has 2 aromatic rings. The first-order valence-electron chi connectivity index (χ1n) is 4.89. The highest BCUT2D eigenvalue weighted by Crippen LogP contribution is 2.31. The fourth-order valence-corrected chi connectivity index (χ4v) is 1.61. The van der Waals surface area contributed by atoms with E-state index in [0.29, 0.717) is 21.6 Å². The number of nitrogens with zero attached hydrogens (tertiary/aromatic N) is 3. The van der Waals surface area contributed by atoms with Crippen molar-refractivity contribution in [1.29, 1.82) is 0 Å². The smallest absolute Gasteiger partial charge is 0.225 e. The minimum Gasteiger partial charge on any atom is -0.484 e. The van der Waals surface area contributed by atoms with Crippen LogP contribution in [0.25, 0.3) is 0 Å². The average molecular weight is 286 g/mol. The number of nitrogens with two attached hydrogens (primary N) is 2. The highest BCUT2D eigenvalue weighted by atomic mass is 35.5. The molecule has 0 aliphatic carbocycles. The van der Waals surface area contributed by atoms with Gasteiger partial charge in [0.15, 0.2) is 5.82 Å². The van der Waals surface area contributed by atoms with Crippen molar-refractivity contribution in [2.75, 3.05) is 11.5 Å². The van der Waals surface area contributed by atoms with Crippen molar-refractivity contribution in [3.05, 3.63) is 34.1 Å². The number of nitrogen functional groups attached to an aromatic ring is 2. The Morgan fingerprint density at radius 3 is 2.39 bits per heavy atom. The van der Waals surface area contributed by atoms with Crippen LogP contribution in [0.2, 0.25) is 10.0 Å². The number of aromatic nitrogens is 3. The number of hydrogen-bond acceptors (Lipinski definition) is 6. The molecule has 0 aliphatic heterocycles. The molecule has 1 heterocycles. The van der Waals surface area contributed by atoms with E-state index in [1.165, 1.54) is 0 Å². The highest BCUT2D eigenvalue weighted by molar-refractivity contribution is 6.42. The zero-order valence-electron chi connectivity index (χ0n) is 9.10. The molecular weight excluding hydrogens is 277 g/mol. The van der Waals surface area contributed by atoms with E-state index >= 15 is 0 Å². The third-order valence-electron chi connectivity index (χ3n) is 1.99. The molecule has 0 fully saturated rings. The molecule has 0 atom stereocenters. The lowest BCUT2D eigenvalue weighted by molar-refractivity contribution is 0.296. The maximum absolute atomic E-state index is 5.96. The first-order chi connectivity index (χ1) is 8.56. The summed E-state index contributed by atoms with van der Waals surface area (Å²) in [6.45, 7) is 0.0665. The van der Waals surface area contributed by atoms with Crippen LogP contribution in [-0.2, 0) is 6.61 Å². The molecule has 18 heavy (non-hydrogen) atoms. The normalized spacial score (nSPS) is 10.3. The molecule has 0 saturated heterocycles. The Hall–Kier alpha value is -1.79. The molecule has 0 aliphatic rings. The maximum Gasteiger partial charge on any atom is 0.225 e. The number of rotatable bonds is 3. The van der Waals surface area contributed by atoms with Gasteiger partial charge in [0.25, 0.3) is 0 Å². The zero-order chi connectivity index (χ0) is 13.1. The van der Waals surface area contributed by atoms with Gasteiger partial charge in [-0.2, -0.15) is 15.0 Å². The Labute approximate surface area is 113 Å². The van der Waals surface area contributed by atoms with E-state index < -0.39 is 0 Å². The van der Waals surface area contributed by atoms with Gasteiger partial charge in [0.2, 0.25) is 11.9 Å². The molecule has 0 amide bonds. The predicted octanol–water partition coefficient (Wildman–Crippen LogP) is 1.92. The van der Waals surface area contributed by atoms with E-state index in [4.69, 9.17) is 39.4 Å². The Kier molecular flexibility index (Phi) is 3.69. The van der Waals surface area contributed by atoms with Gasteiger partial charge in [0.1, 0.15) is 17.4 Å². The minimum atomic E-state index is 0.0401. The number of halogens is 2. The van der Waals surface area contributed by atoms with Gasteiger partial charge in [-0.1, -0.05) is 29.3 Å². The fourth-order valence-electron chi connectivity index (χ4n) is 1.26. The summed E-state index contributed by atoms with van der Waals surface area (Å²) >= 11 is 11.8. The van der Waals surface area contributed by atoms with E-state index in [2.05, 4.69) is 15.0 Å². The van der Waals surface area contributed by atoms with Gasteiger partial charge in [-0.25, -0.2) is 0 Å². The van der Waals surface area contributed by atoms with Crippen LogP contribution in [-0.4, -0.2) is 15.0 Å². The van der Waals surface area contributed by atoms with E-state index in [9.17, 15) is 0 Å². The van der Waals surface area contributed by atoms with Crippen LogP contribution >= 0.6 is 23.2 Å². The number of anilines is 2. The third-order valence-corrected chi connectivity index (χ3v) is 2.79. The third kappa shape index (κ3) is 2.91. The summed E-state index contributed by atoms with van der Waals surface area (Å²) in [4.78, 5) is 11.4. The molecule has 0 unspecified atom stereocenters. The van der Waals surface area contributed by atoms with Crippen LogP contribution in [0.15, 0.2) is 18.2 Å². The first-order valence-corrected chi connectivity index (χ1v) is 5.64. The Morgan fingerprint density at radius 2 is 1.72 bits per heavy atom. The molecule has 1 aromatic heterocycles. The van der Waals surface area contributed by atoms with E-state index in [0.717, 1.165) is 0 Å². The monoisotopic (exact) mass is 285 g/mol. The Balaban J connectivity index is 2.14. The largest absolute Gasteiger partial charge is 0.484 e. The van der Waals surface area contributed by atoms with E-state index in [-0.39, 0.29) is 18.5 Å². The van der Waals surface area contributed by atoms with Crippen molar-refractivity contribution in [3.63, 3.8) is 0 Å². The number of ether oxygens (including phenoxy) is 1. The van der Waals surface area contributed by atoms with Crippen LogP contribution in [0.5, 0.6) is 5.75 Å². The summed E-state index contributed by atoms with van der Waals surface area (Å²) in [5, 5.41) is 0.734. The van der Waals surface area contributed by atoms with Gasteiger partial charge in [-0.05, 0) is 12.1 Å². The molecule has 6 nitrogen and oxygen atoms in total. The van der Waals surface area contributed by atoms with E-state index in [1.54, 1.807) is 18.2 Å². The van der Waals surface area contributed by atoms with Gasteiger partial charge >= 0.3 is 0 Å². The molecule has 0 saturated carbocycles. The number of hydrogen-bond donors (Lipinski definition) is 2. The first kappa shape index (κ1) is 12.7. The standard InChI is InChI=1S/C10H9Cl2N5O/c11-5-2-1-3-6(8(5)12)18-4-7-15-9(13)17-10(14)16-7/h1-3H,4H2,(H4,13,14,15,16,17). The second-order valence-corrected chi connectivity index (χ2v) is 4.09. The fraction of sp³-hybridized carbons (Fsp3) is 0.100. The van der Waals surface area contributed by atoms with Crippen molar-refractivity contribution in [2.45, 2.75) is 6.61 Å². The van der Waals surface area contributed by atoms with Gasteiger partial charge in [-0.15, -0.1) is 0 Å². The summed E-state index contributed by atoms with van der Waals surface area (Å²) in [6, 6.07) is 5.07. The molecule has 0 bridgehead atoms. The predicted molar refractivity (Wildman–Crippen MR) is 69.4 cm³/mol. The quantitative estimate of drug-likeness (QED) is 0.894. The summed E-state index contributed by atoms with van der Waals surface area (Å²) in [7, 11) is 0. The summed E-state index contributed by atoms with van der Waals surface area (Å²) in [5.74, 6) is 0.828. The van der Waals surface area contributed by atoms with Gasteiger partial charge < -0.3 is 16.2 Å². The SMILES string of the molecule is Nc1nc(N)nc(COc2cccc(Cl)c2Cl)n1. The van der Waals surface area contributed by atoms with Crippen molar-refractivity contribution < 1.29 is 4.74 Å². The minimum absolute atomic E-state index is 0.0401. The summed E-state index contributed by atoms with van der Waals surface area (Å²) in [5.41, 5.74) is 10.9. The molecular formula is C10H9Cl2N5O. The lowest BCUT2D eigenvalue weighted by Crippen LogP contribution is -2.09. The summed E-state index contributed by atoms with van der Waals surface area (Å²) in [6.07, 6.45) is 0. The van der Waals surface area contributed by atoms with Crippen LogP contribution < -0.4 is 16.2 Å². The van der Waals surface area contributed by atoms with Gasteiger partial charge in [0.05, 0.1) is 5.02 Å². The maximum atomic E-state index is 5.96. The van der Waals surface area contributed by atoms with Gasteiger partial charge in [-0.3, -0.25) is 0 Å². The van der Waals surface area contributed by atoms with Crippen molar-refractivity contribution in [2.24, 2.45) is 0 Å². The number of benzene rings is 1. The molecule has 8 heteroatoms. The topological polar surface area (TPSA) is 99.9 Å². The molecule has 94 valence electrons. The molecule has 2 rings (SSSR count). The Bertz CT molecular complexity index is 558. The van der Waals surface area contributed by atoms with Crippen LogP contribution in [0, 0.1) is 0 Å².